The predicted octanol–water partition coefficient (Wildman–Crippen LogP) is 2.31. The van der Waals surface area contributed by atoms with Gasteiger partial charge >= 0.3 is 0 Å². The Morgan fingerprint density at radius 2 is 1.86 bits per heavy atom. The maximum atomic E-state index is 10.4. The summed E-state index contributed by atoms with van der Waals surface area (Å²) in [6.45, 7) is 5.27. The number of nitrogens with zero attached hydrogens (tertiary/aromatic N) is 2. The second kappa shape index (κ2) is 6.24. The van der Waals surface area contributed by atoms with Crippen LogP contribution < -0.4 is 4.90 Å². The Bertz CT molecular complexity index is 595. The van der Waals surface area contributed by atoms with Gasteiger partial charge in [0.15, 0.2) is 0 Å². The lowest BCUT2D eigenvalue weighted by molar-refractivity contribution is 0.122. The third kappa shape index (κ3) is 3.06. The number of aromatic nitrogens is 1. The van der Waals surface area contributed by atoms with E-state index in [9.17, 15) is 5.11 Å². The number of pyridine rings is 1. The maximum Gasteiger partial charge on any atom is 0.131 e. The van der Waals surface area contributed by atoms with Gasteiger partial charge in [0.05, 0.1) is 13.2 Å². The maximum absolute atomic E-state index is 10.4. The highest BCUT2D eigenvalue weighted by Gasteiger charge is 2.17. The normalized spacial score (nSPS) is 16.8. The Hall–Kier alpha value is -1.91. The predicted molar refractivity (Wildman–Crippen MR) is 82.5 cm³/mol. The van der Waals surface area contributed by atoms with Crippen molar-refractivity contribution in [3.8, 4) is 0 Å². The number of benzene rings is 1. The van der Waals surface area contributed by atoms with Gasteiger partial charge in [-0.1, -0.05) is 30.3 Å². The summed E-state index contributed by atoms with van der Waals surface area (Å²) in [5, 5.41) is 10.4. The van der Waals surface area contributed by atoms with Gasteiger partial charge in [-0.25, -0.2) is 4.98 Å². The van der Waals surface area contributed by atoms with Crippen LogP contribution in [-0.2, 0) is 4.74 Å². The van der Waals surface area contributed by atoms with Crippen LogP contribution in [0.5, 0.6) is 0 Å². The second-order valence-electron chi connectivity index (χ2n) is 5.32. The monoisotopic (exact) mass is 284 g/mol. The minimum absolute atomic E-state index is 0.629. The topological polar surface area (TPSA) is 45.6 Å². The highest BCUT2D eigenvalue weighted by molar-refractivity contribution is 5.48. The van der Waals surface area contributed by atoms with E-state index in [1.54, 1.807) is 6.20 Å². The zero-order chi connectivity index (χ0) is 14.7. The van der Waals surface area contributed by atoms with Crippen molar-refractivity contribution in [2.24, 2.45) is 0 Å². The molecule has 2 aromatic rings. The van der Waals surface area contributed by atoms with Crippen LogP contribution in [0.25, 0.3) is 0 Å². The lowest BCUT2D eigenvalue weighted by atomic mass is 10.0. The van der Waals surface area contributed by atoms with Crippen molar-refractivity contribution in [3.63, 3.8) is 0 Å². The van der Waals surface area contributed by atoms with Gasteiger partial charge in [0.25, 0.3) is 0 Å². The van der Waals surface area contributed by atoms with E-state index in [-0.39, 0.29) is 0 Å². The van der Waals surface area contributed by atoms with Crippen LogP contribution >= 0.6 is 0 Å². The molecule has 4 nitrogen and oxygen atoms in total. The van der Waals surface area contributed by atoms with E-state index in [2.05, 4.69) is 9.88 Å². The molecule has 0 saturated carbocycles. The molecule has 1 aromatic heterocycles. The zero-order valence-electron chi connectivity index (χ0n) is 12.2. The zero-order valence-corrected chi connectivity index (χ0v) is 12.2. The molecule has 1 aromatic carbocycles. The van der Waals surface area contributed by atoms with Crippen molar-refractivity contribution in [2.45, 2.75) is 13.0 Å². The van der Waals surface area contributed by atoms with Crippen LogP contribution in [0.3, 0.4) is 0 Å². The summed E-state index contributed by atoms with van der Waals surface area (Å²) in [6.07, 6.45) is 1.14. The number of morpholine rings is 1. The second-order valence-corrected chi connectivity index (χ2v) is 5.32. The molecule has 1 saturated heterocycles. The molecule has 3 rings (SSSR count). The van der Waals surface area contributed by atoms with E-state index < -0.39 is 6.10 Å². The summed E-state index contributed by atoms with van der Waals surface area (Å²) in [4.78, 5) is 6.79. The molecule has 0 radical (unpaired) electrons. The molecule has 1 fully saturated rings. The average Bonchev–Trinajstić information content (AvgIpc) is 2.55. The summed E-state index contributed by atoms with van der Waals surface area (Å²) in [7, 11) is 0. The molecule has 0 amide bonds. The summed E-state index contributed by atoms with van der Waals surface area (Å²) in [5.74, 6) is 0.988. The van der Waals surface area contributed by atoms with E-state index in [4.69, 9.17) is 4.74 Å². The number of rotatable bonds is 3. The Balaban J connectivity index is 1.83. The summed E-state index contributed by atoms with van der Waals surface area (Å²) < 4.78 is 5.37. The van der Waals surface area contributed by atoms with E-state index in [1.807, 2.05) is 43.3 Å². The Morgan fingerprint density at radius 3 is 2.52 bits per heavy atom. The molecular formula is C17H20N2O2. The number of aliphatic hydroxyl groups is 1. The highest BCUT2D eigenvalue weighted by Crippen LogP contribution is 2.25. The molecule has 1 atom stereocenters. The number of hydrogen-bond acceptors (Lipinski definition) is 4. The van der Waals surface area contributed by atoms with Gasteiger partial charge in [-0.3, -0.25) is 0 Å². The molecule has 1 aliphatic heterocycles. The first-order valence-corrected chi connectivity index (χ1v) is 7.28. The van der Waals surface area contributed by atoms with Crippen LogP contribution in [0.2, 0.25) is 0 Å². The van der Waals surface area contributed by atoms with E-state index in [1.165, 1.54) is 0 Å². The summed E-state index contributed by atoms with van der Waals surface area (Å²) in [6, 6.07) is 11.7. The van der Waals surface area contributed by atoms with Gasteiger partial charge in [0.2, 0.25) is 0 Å². The third-order valence-corrected chi connectivity index (χ3v) is 3.81. The quantitative estimate of drug-likeness (QED) is 0.939. The fourth-order valence-electron chi connectivity index (χ4n) is 2.67. The molecule has 0 spiro atoms. The van der Waals surface area contributed by atoms with Gasteiger partial charge in [-0.2, -0.15) is 0 Å². The third-order valence-electron chi connectivity index (χ3n) is 3.81. The highest BCUT2D eigenvalue weighted by atomic mass is 16.5. The first-order valence-electron chi connectivity index (χ1n) is 7.28. The largest absolute Gasteiger partial charge is 0.384 e. The van der Waals surface area contributed by atoms with E-state index in [0.717, 1.165) is 48.8 Å². The van der Waals surface area contributed by atoms with Crippen molar-refractivity contribution in [1.29, 1.82) is 0 Å². The number of anilines is 1. The van der Waals surface area contributed by atoms with Gasteiger partial charge < -0.3 is 14.7 Å². The van der Waals surface area contributed by atoms with Crippen LogP contribution in [0.1, 0.15) is 22.8 Å². The number of hydrogen-bond donors (Lipinski definition) is 1. The number of ether oxygens (including phenoxy) is 1. The lowest BCUT2D eigenvalue weighted by Gasteiger charge is -2.29. The lowest BCUT2D eigenvalue weighted by Crippen LogP contribution is -2.37. The van der Waals surface area contributed by atoms with Crippen molar-refractivity contribution in [2.75, 3.05) is 31.2 Å². The number of aliphatic hydroxyl groups excluding tert-OH is 1. The Labute approximate surface area is 125 Å². The Morgan fingerprint density at radius 1 is 1.14 bits per heavy atom. The Kier molecular flexibility index (Phi) is 4.18. The molecule has 0 aliphatic carbocycles. The smallest absolute Gasteiger partial charge is 0.131 e. The van der Waals surface area contributed by atoms with Crippen LogP contribution in [0.15, 0.2) is 42.6 Å². The van der Waals surface area contributed by atoms with Crippen molar-refractivity contribution >= 4 is 5.82 Å². The fourth-order valence-corrected chi connectivity index (χ4v) is 2.67. The number of aryl methyl sites for hydroxylation is 1. The van der Waals surface area contributed by atoms with Crippen LogP contribution in [-0.4, -0.2) is 36.4 Å². The standard InChI is InChI=1S/C17H20N2O2/c1-13-11-15(16(20)14-5-3-2-4-6-14)12-18-17(13)19-7-9-21-10-8-19/h2-6,11-12,16,20H,7-10H2,1H3. The van der Waals surface area contributed by atoms with Gasteiger partial charge in [0, 0.05) is 24.8 Å². The summed E-state index contributed by atoms with van der Waals surface area (Å²) in [5.41, 5.74) is 2.80. The molecule has 2 heterocycles. The summed E-state index contributed by atoms with van der Waals surface area (Å²) >= 11 is 0. The molecule has 1 aliphatic rings. The van der Waals surface area contributed by atoms with Crippen molar-refractivity contribution in [3.05, 3.63) is 59.3 Å². The van der Waals surface area contributed by atoms with E-state index in [0.29, 0.717) is 0 Å². The van der Waals surface area contributed by atoms with Crippen molar-refractivity contribution in [1.82, 2.24) is 4.98 Å². The van der Waals surface area contributed by atoms with Gasteiger partial charge in [-0.15, -0.1) is 0 Å². The fraction of sp³-hybridized carbons (Fsp3) is 0.353. The van der Waals surface area contributed by atoms with Gasteiger partial charge in [0.1, 0.15) is 11.9 Å². The minimum Gasteiger partial charge on any atom is -0.384 e. The minimum atomic E-state index is -0.629. The van der Waals surface area contributed by atoms with Crippen LogP contribution in [0.4, 0.5) is 5.82 Å². The molecule has 21 heavy (non-hydrogen) atoms. The molecule has 1 N–H and O–H groups in total. The molecule has 0 bridgehead atoms. The van der Waals surface area contributed by atoms with Gasteiger partial charge in [-0.05, 0) is 24.1 Å². The molecule has 110 valence electrons. The average molecular weight is 284 g/mol. The van der Waals surface area contributed by atoms with E-state index >= 15 is 0 Å². The molecular weight excluding hydrogens is 264 g/mol. The first-order chi connectivity index (χ1) is 10.3. The molecule has 1 unspecified atom stereocenters. The SMILES string of the molecule is Cc1cc(C(O)c2ccccc2)cnc1N1CCOCC1. The first kappa shape index (κ1) is 14.0. The van der Waals surface area contributed by atoms with Crippen molar-refractivity contribution < 1.29 is 9.84 Å². The molecule has 4 heteroatoms. The van der Waals surface area contributed by atoms with Crippen LogP contribution in [0, 0.1) is 6.92 Å².